The Balaban J connectivity index is 1.71. The zero-order valence-electron chi connectivity index (χ0n) is 11.8. The molecule has 1 aliphatic rings. The van der Waals surface area contributed by atoms with Crippen molar-refractivity contribution in [2.45, 2.75) is 19.8 Å². The van der Waals surface area contributed by atoms with Crippen LogP contribution in [0.5, 0.6) is 5.88 Å². The second-order valence-corrected chi connectivity index (χ2v) is 5.51. The van der Waals surface area contributed by atoms with Gasteiger partial charge in [-0.15, -0.1) is 0 Å². The normalized spacial score (nSPS) is 17.3. The molecule has 2 N–H and O–H groups in total. The summed E-state index contributed by atoms with van der Waals surface area (Å²) >= 11 is 5.75. The van der Waals surface area contributed by atoms with E-state index in [1.807, 2.05) is 0 Å². The number of piperidine rings is 1. The standard InChI is InChI=1S/C14H21ClN4O/c1-11-4-7-19(8-5-11)14(16)17-6-9-20-13-3-2-12(15)10-18-13/h2-3,10-11H,4-9H2,1H3,(H2,16,17). The topological polar surface area (TPSA) is 63.7 Å². The molecular weight excluding hydrogens is 276 g/mol. The molecule has 0 aromatic carbocycles. The van der Waals surface area contributed by atoms with Crippen LogP contribution >= 0.6 is 11.6 Å². The predicted octanol–water partition coefficient (Wildman–Crippen LogP) is 2.16. The molecule has 6 heteroatoms. The van der Waals surface area contributed by atoms with E-state index in [-0.39, 0.29) is 0 Å². The number of aromatic nitrogens is 1. The molecule has 0 aliphatic carbocycles. The number of pyridine rings is 1. The minimum Gasteiger partial charge on any atom is -0.476 e. The highest BCUT2D eigenvalue weighted by atomic mass is 35.5. The zero-order valence-corrected chi connectivity index (χ0v) is 12.5. The summed E-state index contributed by atoms with van der Waals surface area (Å²) in [6.07, 6.45) is 3.92. The Bertz CT molecular complexity index is 441. The first-order chi connectivity index (χ1) is 9.65. The van der Waals surface area contributed by atoms with E-state index in [0.717, 1.165) is 19.0 Å². The summed E-state index contributed by atoms with van der Waals surface area (Å²) in [5.74, 6) is 1.96. The van der Waals surface area contributed by atoms with Crippen LogP contribution in [0.25, 0.3) is 0 Å². The molecular formula is C14H21ClN4O. The number of nitrogens with zero attached hydrogens (tertiary/aromatic N) is 3. The van der Waals surface area contributed by atoms with E-state index in [2.05, 4.69) is 21.8 Å². The Hall–Kier alpha value is -1.49. The quantitative estimate of drug-likeness (QED) is 0.525. The van der Waals surface area contributed by atoms with Gasteiger partial charge < -0.3 is 15.4 Å². The molecule has 0 amide bonds. The van der Waals surface area contributed by atoms with Crippen molar-refractivity contribution in [1.29, 1.82) is 0 Å². The molecule has 20 heavy (non-hydrogen) atoms. The number of hydrogen-bond donors (Lipinski definition) is 1. The smallest absolute Gasteiger partial charge is 0.213 e. The molecule has 0 atom stereocenters. The number of rotatable bonds is 4. The van der Waals surface area contributed by atoms with Crippen LogP contribution in [0.3, 0.4) is 0 Å². The number of halogens is 1. The maximum atomic E-state index is 5.98. The number of hydrogen-bond acceptors (Lipinski definition) is 3. The molecule has 2 heterocycles. The molecule has 2 rings (SSSR count). The summed E-state index contributed by atoms with van der Waals surface area (Å²) in [6.45, 7) is 5.26. The minimum atomic E-state index is 0.458. The summed E-state index contributed by atoms with van der Waals surface area (Å²) in [6, 6.07) is 3.48. The molecule has 0 bridgehead atoms. The lowest BCUT2D eigenvalue weighted by Gasteiger charge is -2.31. The van der Waals surface area contributed by atoms with Gasteiger partial charge in [0.25, 0.3) is 0 Å². The van der Waals surface area contributed by atoms with Crippen molar-refractivity contribution in [3.05, 3.63) is 23.4 Å². The van der Waals surface area contributed by atoms with Crippen molar-refractivity contribution >= 4 is 17.6 Å². The monoisotopic (exact) mass is 296 g/mol. The molecule has 0 spiro atoms. The first-order valence-corrected chi connectivity index (χ1v) is 7.32. The lowest BCUT2D eigenvalue weighted by atomic mass is 10.00. The van der Waals surface area contributed by atoms with Crippen LogP contribution in [0.15, 0.2) is 23.3 Å². The van der Waals surface area contributed by atoms with Crippen molar-refractivity contribution in [1.82, 2.24) is 9.88 Å². The maximum Gasteiger partial charge on any atom is 0.213 e. The Morgan fingerprint density at radius 1 is 1.50 bits per heavy atom. The fraction of sp³-hybridized carbons (Fsp3) is 0.571. The van der Waals surface area contributed by atoms with Crippen molar-refractivity contribution in [3.63, 3.8) is 0 Å². The average molecular weight is 297 g/mol. The summed E-state index contributed by atoms with van der Waals surface area (Å²) in [7, 11) is 0. The molecule has 0 radical (unpaired) electrons. The highest BCUT2D eigenvalue weighted by molar-refractivity contribution is 6.30. The Morgan fingerprint density at radius 2 is 2.25 bits per heavy atom. The largest absolute Gasteiger partial charge is 0.476 e. The van der Waals surface area contributed by atoms with E-state index < -0.39 is 0 Å². The van der Waals surface area contributed by atoms with Gasteiger partial charge in [0.05, 0.1) is 11.6 Å². The third-order valence-corrected chi connectivity index (χ3v) is 3.65. The van der Waals surface area contributed by atoms with Gasteiger partial charge in [-0.2, -0.15) is 0 Å². The maximum absolute atomic E-state index is 5.98. The van der Waals surface area contributed by atoms with Crippen LogP contribution in [0.4, 0.5) is 0 Å². The van der Waals surface area contributed by atoms with Crippen LogP contribution < -0.4 is 10.5 Å². The summed E-state index contributed by atoms with van der Waals surface area (Å²) in [5, 5.41) is 0.596. The van der Waals surface area contributed by atoms with E-state index >= 15 is 0 Å². The van der Waals surface area contributed by atoms with Crippen LogP contribution in [0.1, 0.15) is 19.8 Å². The van der Waals surface area contributed by atoms with Crippen molar-refractivity contribution in [2.24, 2.45) is 16.6 Å². The van der Waals surface area contributed by atoms with Crippen molar-refractivity contribution in [2.75, 3.05) is 26.2 Å². The third kappa shape index (κ3) is 4.56. The molecule has 1 saturated heterocycles. The van der Waals surface area contributed by atoms with Gasteiger partial charge in [0.15, 0.2) is 5.96 Å². The zero-order chi connectivity index (χ0) is 14.4. The second kappa shape index (κ2) is 7.33. The number of aliphatic imine (C=N–C) groups is 1. The van der Waals surface area contributed by atoms with Crippen LogP contribution in [0, 0.1) is 5.92 Å². The average Bonchev–Trinajstić information content (AvgIpc) is 2.46. The molecule has 0 unspecified atom stereocenters. The molecule has 1 aromatic heterocycles. The first kappa shape index (κ1) is 14.9. The fourth-order valence-corrected chi connectivity index (χ4v) is 2.21. The first-order valence-electron chi connectivity index (χ1n) is 6.94. The molecule has 0 saturated carbocycles. The number of ether oxygens (including phenoxy) is 1. The number of guanidine groups is 1. The van der Waals surface area contributed by atoms with Crippen molar-refractivity contribution in [3.8, 4) is 5.88 Å². The van der Waals surface area contributed by atoms with Crippen LogP contribution in [-0.4, -0.2) is 42.1 Å². The van der Waals surface area contributed by atoms with E-state index in [1.165, 1.54) is 12.8 Å². The van der Waals surface area contributed by atoms with E-state index in [9.17, 15) is 0 Å². The Kier molecular flexibility index (Phi) is 5.47. The van der Waals surface area contributed by atoms with E-state index in [1.54, 1.807) is 18.3 Å². The Labute approximate surface area is 124 Å². The summed E-state index contributed by atoms with van der Waals surface area (Å²) in [4.78, 5) is 10.5. The number of nitrogens with two attached hydrogens (primary N) is 1. The number of likely N-dealkylation sites (tertiary alicyclic amines) is 1. The van der Waals surface area contributed by atoms with Gasteiger partial charge in [-0.25, -0.2) is 9.98 Å². The minimum absolute atomic E-state index is 0.458. The summed E-state index contributed by atoms with van der Waals surface area (Å²) < 4.78 is 5.46. The van der Waals surface area contributed by atoms with Gasteiger partial charge in [-0.05, 0) is 24.8 Å². The summed E-state index contributed by atoms with van der Waals surface area (Å²) in [5.41, 5.74) is 5.98. The second-order valence-electron chi connectivity index (χ2n) is 5.07. The lowest BCUT2D eigenvalue weighted by Crippen LogP contribution is -2.42. The van der Waals surface area contributed by atoms with E-state index in [0.29, 0.717) is 30.0 Å². The van der Waals surface area contributed by atoms with Crippen LogP contribution in [0.2, 0.25) is 5.02 Å². The van der Waals surface area contributed by atoms with Crippen molar-refractivity contribution < 1.29 is 4.74 Å². The predicted molar refractivity (Wildman–Crippen MR) is 81.2 cm³/mol. The van der Waals surface area contributed by atoms with Gasteiger partial charge >= 0.3 is 0 Å². The SMILES string of the molecule is CC1CCN(C(N)=NCCOc2ccc(Cl)cn2)CC1. The molecule has 1 aromatic rings. The highest BCUT2D eigenvalue weighted by Gasteiger charge is 2.16. The van der Waals surface area contributed by atoms with Gasteiger partial charge in [-0.1, -0.05) is 18.5 Å². The molecule has 5 nitrogen and oxygen atoms in total. The highest BCUT2D eigenvalue weighted by Crippen LogP contribution is 2.15. The van der Waals surface area contributed by atoms with Gasteiger partial charge in [0, 0.05) is 25.4 Å². The fourth-order valence-electron chi connectivity index (χ4n) is 2.10. The van der Waals surface area contributed by atoms with Gasteiger partial charge in [0.2, 0.25) is 5.88 Å². The lowest BCUT2D eigenvalue weighted by molar-refractivity contribution is 0.275. The molecule has 1 fully saturated rings. The van der Waals surface area contributed by atoms with Crippen LogP contribution in [-0.2, 0) is 0 Å². The third-order valence-electron chi connectivity index (χ3n) is 3.42. The van der Waals surface area contributed by atoms with Gasteiger partial charge in [0.1, 0.15) is 6.61 Å². The Morgan fingerprint density at radius 3 is 2.90 bits per heavy atom. The van der Waals surface area contributed by atoms with Gasteiger partial charge in [-0.3, -0.25) is 0 Å². The van der Waals surface area contributed by atoms with E-state index in [4.69, 9.17) is 22.1 Å². The molecule has 1 aliphatic heterocycles. The molecule has 110 valence electrons.